The second kappa shape index (κ2) is 11.8. The van der Waals surface area contributed by atoms with Crippen LogP contribution in [0.15, 0.2) is 23.3 Å². The van der Waals surface area contributed by atoms with Gasteiger partial charge in [-0.1, -0.05) is 19.4 Å². The summed E-state index contributed by atoms with van der Waals surface area (Å²) < 4.78 is 0. The summed E-state index contributed by atoms with van der Waals surface area (Å²) in [5.41, 5.74) is 1.21. The summed E-state index contributed by atoms with van der Waals surface area (Å²) in [6.45, 7) is 12.4. The summed E-state index contributed by atoms with van der Waals surface area (Å²) >= 11 is 0. The fraction of sp³-hybridized carbons (Fsp3) is 0.714. The molecule has 1 aliphatic rings. The third-order valence-electron chi connectivity index (χ3n) is 5.04. The highest BCUT2D eigenvalue weighted by Crippen LogP contribution is 2.17. The quantitative estimate of drug-likeness (QED) is 0.514. The number of guanidine groups is 1. The number of likely N-dealkylation sites (N-methyl/N-ethyl adjacent to an activating group) is 1. The molecule has 2 heterocycles. The van der Waals surface area contributed by atoms with Crippen LogP contribution >= 0.6 is 0 Å². The zero-order chi connectivity index (χ0) is 19.5. The van der Waals surface area contributed by atoms with Gasteiger partial charge in [0, 0.05) is 38.4 Å². The van der Waals surface area contributed by atoms with Crippen LogP contribution in [-0.4, -0.2) is 68.2 Å². The van der Waals surface area contributed by atoms with Gasteiger partial charge in [-0.05, 0) is 58.3 Å². The number of hydrogen-bond acceptors (Lipinski definition) is 4. The van der Waals surface area contributed by atoms with E-state index < -0.39 is 0 Å². The van der Waals surface area contributed by atoms with Gasteiger partial charge in [0.1, 0.15) is 5.82 Å². The highest BCUT2D eigenvalue weighted by atomic mass is 15.2. The maximum Gasteiger partial charge on any atom is 0.191 e. The van der Waals surface area contributed by atoms with Crippen molar-refractivity contribution in [1.29, 1.82) is 0 Å². The Morgan fingerprint density at radius 3 is 2.67 bits per heavy atom. The Hall–Kier alpha value is -1.82. The van der Waals surface area contributed by atoms with E-state index in [0.717, 1.165) is 63.9 Å². The van der Waals surface area contributed by atoms with Crippen LogP contribution in [0.2, 0.25) is 0 Å². The maximum absolute atomic E-state index is 4.77. The number of piperidine rings is 1. The molecule has 1 aromatic rings. The Morgan fingerprint density at radius 1 is 1.26 bits per heavy atom. The van der Waals surface area contributed by atoms with Gasteiger partial charge in [0.25, 0.3) is 0 Å². The number of aliphatic imine (C=N–C) groups is 1. The summed E-state index contributed by atoms with van der Waals surface area (Å²) in [6, 6.07) is 4.74. The third-order valence-corrected chi connectivity index (χ3v) is 5.04. The molecule has 0 atom stereocenters. The molecule has 2 N–H and O–H groups in total. The topological polar surface area (TPSA) is 55.8 Å². The number of nitrogens with zero attached hydrogens (tertiary/aromatic N) is 4. The number of rotatable bonds is 9. The number of nitrogens with one attached hydrogen (secondary N) is 2. The predicted molar refractivity (Wildman–Crippen MR) is 116 cm³/mol. The lowest BCUT2D eigenvalue weighted by Crippen LogP contribution is -2.49. The van der Waals surface area contributed by atoms with Crippen molar-refractivity contribution in [3.8, 4) is 0 Å². The van der Waals surface area contributed by atoms with E-state index in [1.54, 1.807) is 0 Å². The van der Waals surface area contributed by atoms with Crippen molar-refractivity contribution in [2.45, 2.75) is 52.5 Å². The minimum atomic E-state index is 0.474. The first-order valence-electron chi connectivity index (χ1n) is 10.5. The van der Waals surface area contributed by atoms with Crippen molar-refractivity contribution in [1.82, 2.24) is 20.5 Å². The fourth-order valence-corrected chi connectivity index (χ4v) is 3.29. The van der Waals surface area contributed by atoms with Gasteiger partial charge in [0.2, 0.25) is 0 Å². The van der Waals surface area contributed by atoms with Gasteiger partial charge < -0.3 is 20.4 Å². The van der Waals surface area contributed by atoms with Crippen molar-refractivity contribution in [2.75, 3.05) is 51.2 Å². The molecule has 6 heteroatoms. The molecule has 0 aromatic carbocycles. The smallest absolute Gasteiger partial charge is 0.191 e. The first-order chi connectivity index (χ1) is 13.1. The predicted octanol–water partition coefficient (Wildman–Crippen LogP) is 2.65. The molecule has 1 aromatic heterocycles. The molecule has 0 aliphatic carbocycles. The molecule has 1 fully saturated rings. The monoisotopic (exact) mass is 374 g/mol. The molecule has 0 radical (unpaired) electrons. The van der Waals surface area contributed by atoms with Crippen LogP contribution in [0.25, 0.3) is 0 Å². The van der Waals surface area contributed by atoms with Crippen molar-refractivity contribution in [3.63, 3.8) is 0 Å². The zero-order valence-electron chi connectivity index (χ0n) is 17.7. The van der Waals surface area contributed by atoms with Gasteiger partial charge in [-0.15, -0.1) is 0 Å². The van der Waals surface area contributed by atoms with Crippen molar-refractivity contribution < 1.29 is 0 Å². The van der Waals surface area contributed by atoms with Crippen molar-refractivity contribution in [2.24, 2.45) is 4.99 Å². The molecule has 1 saturated heterocycles. The lowest BCUT2D eigenvalue weighted by molar-refractivity contribution is 0.337. The molecule has 0 bridgehead atoms. The summed E-state index contributed by atoms with van der Waals surface area (Å²) in [6.07, 6.45) is 6.67. The SMILES string of the molecule is CCCCN(C)CCN=C(NCC)NC1CCN(c2ccc(C)cn2)CC1. The normalized spacial score (nSPS) is 16.0. The maximum atomic E-state index is 4.77. The van der Waals surface area contributed by atoms with Crippen LogP contribution in [-0.2, 0) is 0 Å². The van der Waals surface area contributed by atoms with Crippen LogP contribution in [0.3, 0.4) is 0 Å². The summed E-state index contributed by atoms with van der Waals surface area (Å²) in [5.74, 6) is 2.04. The van der Waals surface area contributed by atoms with Gasteiger partial charge in [-0.3, -0.25) is 4.99 Å². The molecular weight excluding hydrogens is 336 g/mol. The summed E-state index contributed by atoms with van der Waals surface area (Å²) in [7, 11) is 2.18. The lowest BCUT2D eigenvalue weighted by Gasteiger charge is -2.33. The van der Waals surface area contributed by atoms with E-state index in [2.05, 4.69) is 65.4 Å². The highest BCUT2D eigenvalue weighted by Gasteiger charge is 2.20. The number of aromatic nitrogens is 1. The van der Waals surface area contributed by atoms with E-state index in [1.165, 1.54) is 18.4 Å². The number of aryl methyl sites for hydroxylation is 1. The van der Waals surface area contributed by atoms with Crippen molar-refractivity contribution in [3.05, 3.63) is 23.9 Å². The second-order valence-electron chi connectivity index (χ2n) is 7.52. The Kier molecular flexibility index (Phi) is 9.39. The molecule has 0 saturated carbocycles. The van der Waals surface area contributed by atoms with E-state index >= 15 is 0 Å². The van der Waals surface area contributed by atoms with E-state index in [1.807, 2.05) is 6.20 Å². The molecule has 0 amide bonds. The Morgan fingerprint density at radius 2 is 2.04 bits per heavy atom. The van der Waals surface area contributed by atoms with Gasteiger partial charge in [0.15, 0.2) is 5.96 Å². The molecular formula is C21H38N6. The zero-order valence-corrected chi connectivity index (χ0v) is 17.7. The number of anilines is 1. The average Bonchev–Trinajstić information content (AvgIpc) is 2.68. The van der Waals surface area contributed by atoms with E-state index in [-0.39, 0.29) is 0 Å². The van der Waals surface area contributed by atoms with Gasteiger partial charge in [-0.25, -0.2) is 4.98 Å². The number of pyridine rings is 1. The van der Waals surface area contributed by atoms with Gasteiger partial charge in [0.05, 0.1) is 6.54 Å². The summed E-state index contributed by atoms with van der Waals surface area (Å²) in [5, 5.41) is 7.02. The van der Waals surface area contributed by atoms with Crippen LogP contribution in [0.4, 0.5) is 5.82 Å². The lowest BCUT2D eigenvalue weighted by atomic mass is 10.1. The summed E-state index contributed by atoms with van der Waals surface area (Å²) in [4.78, 5) is 14.1. The van der Waals surface area contributed by atoms with Crippen molar-refractivity contribution >= 4 is 11.8 Å². The number of unbranched alkanes of at least 4 members (excludes halogenated alkanes) is 1. The van der Waals surface area contributed by atoms with E-state index in [9.17, 15) is 0 Å². The molecule has 2 rings (SSSR count). The minimum Gasteiger partial charge on any atom is -0.357 e. The van der Waals surface area contributed by atoms with E-state index in [0.29, 0.717) is 6.04 Å². The van der Waals surface area contributed by atoms with Gasteiger partial charge >= 0.3 is 0 Å². The molecule has 0 unspecified atom stereocenters. The van der Waals surface area contributed by atoms with Crippen LogP contribution in [0.1, 0.15) is 45.1 Å². The second-order valence-corrected chi connectivity index (χ2v) is 7.52. The first kappa shape index (κ1) is 21.5. The van der Waals surface area contributed by atoms with E-state index in [4.69, 9.17) is 4.99 Å². The first-order valence-corrected chi connectivity index (χ1v) is 10.5. The largest absolute Gasteiger partial charge is 0.357 e. The number of hydrogen-bond donors (Lipinski definition) is 2. The van der Waals surface area contributed by atoms with Gasteiger partial charge in [-0.2, -0.15) is 0 Å². The molecule has 152 valence electrons. The van der Waals surface area contributed by atoms with Crippen LogP contribution < -0.4 is 15.5 Å². The Bertz CT molecular complexity index is 548. The van der Waals surface area contributed by atoms with Crippen LogP contribution in [0.5, 0.6) is 0 Å². The third kappa shape index (κ3) is 7.75. The average molecular weight is 375 g/mol. The fourth-order valence-electron chi connectivity index (χ4n) is 3.29. The Labute approximate surface area is 165 Å². The van der Waals surface area contributed by atoms with Crippen LogP contribution in [0, 0.1) is 6.92 Å². The molecule has 6 nitrogen and oxygen atoms in total. The molecule has 1 aliphatic heterocycles. The molecule has 0 spiro atoms. The minimum absolute atomic E-state index is 0.474. The Balaban J connectivity index is 1.77. The molecule has 27 heavy (non-hydrogen) atoms. The highest BCUT2D eigenvalue weighted by molar-refractivity contribution is 5.80. The standard InChI is InChI=1S/C21H38N6/c1-5-7-13-26(4)16-12-23-21(22-6-2)25-19-10-14-27(15-11-19)20-9-8-18(3)17-24-20/h8-9,17,19H,5-7,10-16H2,1-4H3,(H2,22,23,25).